The van der Waals surface area contributed by atoms with Crippen molar-refractivity contribution in [3.63, 3.8) is 0 Å². The molecule has 0 fully saturated rings. The first kappa shape index (κ1) is 15.3. The fourth-order valence-corrected chi connectivity index (χ4v) is 2.78. The van der Waals surface area contributed by atoms with E-state index in [0.29, 0.717) is 0 Å². The van der Waals surface area contributed by atoms with Gasteiger partial charge in [-0.3, -0.25) is 4.79 Å². The maximum Gasteiger partial charge on any atom is 0.237 e. The largest absolute Gasteiger partial charge is 0.342 e. The molecule has 0 aromatic heterocycles. The van der Waals surface area contributed by atoms with Crippen LogP contribution in [-0.4, -0.2) is 23.9 Å². The van der Waals surface area contributed by atoms with Gasteiger partial charge in [0.05, 0.1) is 5.41 Å². The summed E-state index contributed by atoms with van der Waals surface area (Å²) in [5, 5.41) is 0. The van der Waals surface area contributed by atoms with Crippen LogP contribution in [0.2, 0.25) is 0 Å². The highest BCUT2D eigenvalue weighted by Gasteiger charge is 2.39. The average Bonchev–Trinajstić information content (AvgIpc) is 2.56. The number of hydrogen-bond donors (Lipinski definition) is 0. The van der Waals surface area contributed by atoms with Gasteiger partial charge in [0.25, 0.3) is 0 Å². The second-order valence-corrected chi connectivity index (χ2v) is 5.33. The number of likely N-dealkylation sites (N-methyl/N-ethyl adjacent to an activating group) is 1. The van der Waals surface area contributed by atoms with E-state index >= 15 is 0 Å². The molecule has 0 saturated heterocycles. The topological polar surface area (TPSA) is 20.3 Å². The Labute approximate surface area is 127 Å². The van der Waals surface area contributed by atoms with Crippen LogP contribution in [0.5, 0.6) is 0 Å². The normalized spacial score (nSPS) is 11.2. The number of benzene rings is 2. The lowest BCUT2D eigenvalue weighted by Gasteiger charge is -2.34. The molecule has 0 radical (unpaired) electrons. The van der Waals surface area contributed by atoms with Crippen LogP contribution in [0.3, 0.4) is 0 Å². The van der Waals surface area contributed by atoms with Gasteiger partial charge >= 0.3 is 0 Å². The van der Waals surface area contributed by atoms with Crippen LogP contribution in [0.25, 0.3) is 0 Å². The number of carbonyl (C=O) groups excluding carboxylic acids is 1. The second kappa shape index (κ2) is 6.57. The average molecular weight is 281 g/mol. The van der Waals surface area contributed by atoms with E-state index in [1.807, 2.05) is 86.3 Å². The van der Waals surface area contributed by atoms with E-state index in [-0.39, 0.29) is 5.91 Å². The zero-order valence-corrected chi connectivity index (χ0v) is 13.0. The van der Waals surface area contributed by atoms with Crippen LogP contribution in [0, 0.1) is 0 Å². The minimum absolute atomic E-state index is 0.157. The van der Waals surface area contributed by atoms with Crippen molar-refractivity contribution in [2.24, 2.45) is 0 Å². The van der Waals surface area contributed by atoms with Crippen LogP contribution < -0.4 is 0 Å². The zero-order chi connectivity index (χ0) is 15.3. The Kier molecular flexibility index (Phi) is 4.79. The number of amides is 1. The van der Waals surface area contributed by atoms with Gasteiger partial charge in [-0.15, -0.1) is 0 Å². The highest BCUT2D eigenvalue weighted by atomic mass is 16.2. The standard InChI is InChI=1S/C19H23NO/c1-4-20(5-2)18(21)19(3,16-12-8-6-9-13-16)17-14-10-7-11-15-17/h6-15H,4-5H2,1-3H3. The SMILES string of the molecule is CCN(CC)C(=O)C(C)(c1ccccc1)c1ccccc1. The fourth-order valence-electron chi connectivity index (χ4n) is 2.78. The summed E-state index contributed by atoms with van der Waals surface area (Å²) in [7, 11) is 0. The smallest absolute Gasteiger partial charge is 0.237 e. The van der Waals surface area contributed by atoms with Crippen LogP contribution in [-0.2, 0) is 10.2 Å². The number of rotatable bonds is 5. The van der Waals surface area contributed by atoms with Gasteiger partial charge in [0.1, 0.15) is 0 Å². The van der Waals surface area contributed by atoms with Gasteiger partial charge in [0.2, 0.25) is 5.91 Å². The van der Waals surface area contributed by atoms with Gasteiger partial charge in [0, 0.05) is 13.1 Å². The van der Waals surface area contributed by atoms with Crippen molar-refractivity contribution in [3.8, 4) is 0 Å². The van der Waals surface area contributed by atoms with Gasteiger partial charge in [-0.2, -0.15) is 0 Å². The first-order valence-corrected chi connectivity index (χ1v) is 7.55. The number of hydrogen-bond acceptors (Lipinski definition) is 1. The lowest BCUT2D eigenvalue weighted by molar-refractivity contribution is -0.135. The minimum Gasteiger partial charge on any atom is -0.342 e. The highest BCUT2D eigenvalue weighted by molar-refractivity contribution is 5.91. The summed E-state index contributed by atoms with van der Waals surface area (Å²) in [5.74, 6) is 0.157. The first-order valence-electron chi connectivity index (χ1n) is 7.55. The summed E-state index contributed by atoms with van der Waals surface area (Å²) < 4.78 is 0. The molecule has 2 aromatic carbocycles. The molecule has 2 rings (SSSR count). The van der Waals surface area contributed by atoms with Crippen molar-refractivity contribution < 1.29 is 4.79 Å². The van der Waals surface area contributed by atoms with Gasteiger partial charge in [-0.25, -0.2) is 0 Å². The Morgan fingerprint density at radius 3 is 1.57 bits per heavy atom. The van der Waals surface area contributed by atoms with Crippen molar-refractivity contribution in [3.05, 3.63) is 71.8 Å². The summed E-state index contributed by atoms with van der Waals surface area (Å²) >= 11 is 0. The Morgan fingerprint density at radius 2 is 1.24 bits per heavy atom. The maximum absolute atomic E-state index is 13.2. The lowest BCUT2D eigenvalue weighted by atomic mass is 9.75. The molecule has 0 N–H and O–H groups in total. The summed E-state index contributed by atoms with van der Waals surface area (Å²) in [6.45, 7) is 7.53. The van der Waals surface area contributed by atoms with E-state index in [4.69, 9.17) is 0 Å². The van der Waals surface area contributed by atoms with Gasteiger partial charge in [0.15, 0.2) is 0 Å². The lowest BCUT2D eigenvalue weighted by Crippen LogP contribution is -2.45. The third-order valence-corrected chi connectivity index (χ3v) is 4.18. The van der Waals surface area contributed by atoms with Crippen molar-refractivity contribution in [2.45, 2.75) is 26.2 Å². The Balaban J connectivity index is 2.57. The molecule has 0 spiro atoms. The molecule has 0 heterocycles. The van der Waals surface area contributed by atoms with Gasteiger partial charge in [-0.05, 0) is 31.9 Å². The number of nitrogens with zero attached hydrogens (tertiary/aromatic N) is 1. The molecule has 0 bridgehead atoms. The molecule has 1 amide bonds. The molecule has 0 aliphatic rings. The molecule has 0 aliphatic heterocycles. The predicted molar refractivity (Wildman–Crippen MR) is 87.3 cm³/mol. The van der Waals surface area contributed by atoms with Gasteiger partial charge in [-0.1, -0.05) is 60.7 Å². The second-order valence-electron chi connectivity index (χ2n) is 5.33. The molecule has 0 aliphatic carbocycles. The molecule has 2 heteroatoms. The summed E-state index contributed by atoms with van der Waals surface area (Å²) in [4.78, 5) is 15.1. The van der Waals surface area contributed by atoms with E-state index in [0.717, 1.165) is 24.2 Å². The zero-order valence-electron chi connectivity index (χ0n) is 13.0. The quantitative estimate of drug-likeness (QED) is 0.815. The Hall–Kier alpha value is -2.09. The third kappa shape index (κ3) is 2.85. The monoisotopic (exact) mass is 281 g/mol. The molecule has 0 atom stereocenters. The molecule has 0 unspecified atom stereocenters. The molecule has 21 heavy (non-hydrogen) atoms. The molecule has 2 aromatic rings. The van der Waals surface area contributed by atoms with Crippen molar-refractivity contribution in [2.75, 3.05) is 13.1 Å². The minimum atomic E-state index is -0.644. The number of carbonyl (C=O) groups is 1. The van der Waals surface area contributed by atoms with Gasteiger partial charge < -0.3 is 4.90 Å². The Morgan fingerprint density at radius 1 is 0.857 bits per heavy atom. The third-order valence-electron chi connectivity index (χ3n) is 4.18. The van der Waals surface area contributed by atoms with Crippen molar-refractivity contribution >= 4 is 5.91 Å². The predicted octanol–water partition coefficient (Wildman–Crippen LogP) is 3.86. The van der Waals surface area contributed by atoms with E-state index in [1.165, 1.54) is 0 Å². The summed E-state index contributed by atoms with van der Waals surface area (Å²) in [6, 6.07) is 20.1. The Bertz CT molecular complexity index is 534. The van der Waals surface area contributed by atoms with Crippen LogP contribution >= 0.6 is 0 Å². The summed E-state index contributed by atoms with van der Waals surface area (Å²) in [6.07, 6.45) is 0. The van der Waals surface area contributed by atoms with E-state index < -0.39 is 5.41 Å². The molecule has 0 saturated carbocycles. The van der Waals surface area contributed by atoms with Crippen LogP contribution in [0.1, 0.15) is 31.9 Å². The summed E-state index contributed by atoms with van der Waals surface area (Å²) in [5.41, 5.74) is 1.43. The molecular formula is C19H23NO. The van der Waals surface area contributed by atoms with Crippen LogP contribution in [0.4, 0.5) is 0 Å². The van der Waals surface area contributed by atoms with E-state index in [2.05, 4.69) is 0 Å². The van der Waals surface area contributed by atoms with E-state index in [1.54, 1.807) is 0 Å². The van der Waals surface area contributed by atoms with Crippen molar-refractivity contribution in [1.29, 1.82) is 0 Å². The van der Waals surface area contributed by atoms with E-state index in [9.17, 15) is 4.79 Å². The molecule has 2 nitrogen and oxygen atoms in total. The van der Waals surface area contributed by atoms with Crippen LogP contribution in [0.15, 0.2) is 60.7 Å². The van der Waals surface area contributed by atoms with Crippen molar-refractivity contribution in [1.82, 2.24) is 4.90 Å². The maximum atomic E-state index is 13.2. The molecular weight excluding hydrogens is 258 g/mol. The highest BCUT2D eigenvalue weighted by Crippen LogP contribution is 2.33. The molecule has 110 valence electrons. The fraction of sp³-hybridized carbons (Fsp3) is 0.316. The first-order chi connectivity index (χ1) is 10.1.